The average Bonchev–Trinajstić information content (AvgIpc) is 3.07. The van der Waals surface area contributed by atoms with Crippen LogP contribution in [0.1, 0.15) is 49.7 Å². The summed E-state index contributed by atoms with van der Waals surface area (Å²) < 4.78 is 0. The molecule has 3 nitrogen and oxygen atoms in total. The molecule has 0 aromatic heterocycles. The van der Waals surface area contributed by atoms with Gasteiger partial charge in [-0.05, 0) is 55.2 Å². The van der Waals surface area contributed by atoms with Crippen molar-refractivity contribution in [1.29, 1.82) is 0 Å². The fraction of sp³-hybridized carbons (Fsp3) is 0.474. The van der Waals surface area contributed by atoms with Gasteiger partial charge in [-0.1, -0.05) is 31.0 Å². The molecule has 4 rings (SSSR count). The number of nitrogens with one attached hydrogen (secondary N) is 1. The van der Waals surface area contributed by atoms with Crippen LogP contribution in [-0.4, -0.2) is 6.04 Å². The minimum Gasteiger partial charge on any atom is -0.378 e. The van der Waals surface area contributed by atoms with Gasteiger partial charge in [0.25, 0.3) is 0 Å². The van der Waals surface area contributed by atoms with Gasteiger partial charge in [0, 0.05) is 6.04 Å². The molecule has 2 aliphatic carbocycles. The molecule has 0 atom stereocenters. The van der Waals surface area contributed by atoms with E-state index >= 15 is 0 Å². The zero-order valence-electron chi connectivity index (χ0n) is 12.8. The van der Waals surface area contributed by atoms with Crippen LogP contribution in [0.15, 0.2) is 27.8 Å². The highest BCUT2D eigenvalue weighted by Crippen LogP contribution is 2.31. The summed E-state index contributed by atoms with van der Waals surface area (Å²) in [6, 6.07) is 6.64. The van der Waals surface area contributed by atoms with E-state index in [0.717, 1.165) is 31.2 Å². The van der Waals surface area contributed by atoms with Gasteiger partial charge in [-0.15, -0.1) is 0 Å². The zero-order valence-corrected chi connectivity index (χ0v) is 12.8. The van der Waals surface area contributed by atoms with E-state index in [-0.39, 0.29) is 10.9 Å². The largest absolute Gasteiger partial charge is 0.378 e. The van der Waals surface area contributed by atoms with Crippen LogP contribution in [0.3, 0.4) is 0 Å². The number of benzene rings is 1. The molecule has 3 heteroatoms. The van der Waals surface area contributed by atoms with Crippen LogP contribution >= 0.6 is 0 Å². The molecule has 0 amide bonds. The maximum absolute atomic E-state index is 12.1. The van der Waals surface area contributed by atoms with Gasteiger partial charge in [0.2, 0.25) is 10.9 Å². The van der Waals surface area contributed by atoms with Crippen molar-refractivity contribution in [2.75, 3.05) is 5.32 Å². The monoisotopic (exact) mass is 295 g/mol. The molecule has 0 heterocycles. The van der Waals surface area contributed by atoms with E-state index in [2.05, 4.69) is 17.4 Å². The van der Waals surface area contributed by atoms with E-state index in [1.807, 2.05) is 6.07 Å². The number of hydrogen-bond acceptors (Lipinski definition) is 3. The molecule has 114 valence electrons. The van der Waals surface area contributed by atoms with Crippen molar-refractivity contribution < 1.29 is 0 Å². The quantitative estimate of drug-likeness (QED) is 0.885. The highest BCUT2D eigenvalue weighted by molar-refractivity contribution is 5.82. The number of anilines is 1. The van der Waals surface area contributed by atoms with Crippen LogP contribution in [0, 0.1) is 0 Å². The first-order chi connectivity index (χ1) is 10.7. The molecule has 1 saturated carbocycles. The van der Waals surface area contributed by atoms with Crippen molar-refractivity contribution in [3.63, 3.8) is 0 Å². The van der Waals surface area contributed by atoms with Gasteiger partial charge in [-0.2, -0.15) is 0 Å². The maximum Gasteiger partial charge on any atom is 0.250 e. The second-order valence-corrected chi connectivity index (χ2v) is 6.72. The molecule has 0 unspecified atom stereocenters. The van der Waals surface area contributed by atoms with Gasteiger partial charge < -0.3 is 5.32 Å². The molecule has 2 aliphatic rings. The molecule has 1 N–H and O–H groups in total. The van der Waals surface area contributed by atoms with Crippen molar-refractivity contribution in [1.82, 2.24) is 0 Å². The highest BCUT2D eigenvalue weighted by Gasteiger charge is 2.26. The van der Waals surface area contributed by atoms with E-state index in [0.29, 0.717) is 17.3 Å². The Labute approximate surface area is 130 Å². The lowest BCUT2D eigenvalue weighted by atomic mass is 9.88. The third-order valence-corrected chi connectivity index (χ3v) is 5.25. The van der Waals surface area contributed by atoms with Crippen molar-refractivity contribution in [3.8, 4) is 11.1 Å². The van der Waals surface area contributed by atoms with Gasteiger partial charge in [0.15, 0.2) is 0 Å². The Morgan fingerprint density at radius 1 is 0.864 bits per heavy atom. The minimum absolute atomic E-state index is 0.323. The van der Waals surface area contributed by atoms with Gasteiger partial charge >= 0.3 is 0 Å². The van der Waals surface area contributed by atoms with E-state index in [1.54, 1.807) is 0 Å². The molecule has 22 heavy (non-hydrogen) atoms. The lowest BCUT2D eigenvalue weighted by molar-refractivity contribution is 0.686. The van der Waals surface area contributed by atoms with Crippen molar-refractivity contribution >= 4 is 5.69 Å². The Bertz CT molecular complexity index is 777. The molecule has 0 saturated heterocycles. The molecular weight excluding hydrogens is 274 g/mol. The molecule has 0 bridgehead atoms. The van der Waals surface area contributed by atoms with Crippen LogP contribution < -0.4 is 16.2 Å². The molecular formula is C19H21NO2. The first kappa shape index (κ1) is 13.7. The highest BCUT2D eigenvalue weighted by atomic mass is 16.2. The Morgan fingerprint density at radius 3 is 2.36 bits per heavy atom. The van der Waals surface area contributed by atoms with Crippen molar-refractivity contribution in [2.45, 2.75) is 57.4 Å². The SMILES string of the molecule is O=c1c(NC2CCCC2)c(-c2ccc3c(c2)CCCC3)c1=O. The lowest BCUT2D eigenvalue weighted by Gasteiger charge is -2.20. The summed E-state index contributed by atoms with van der Waals surface area (Å²) in [6.45, 7) is 0. The van der Waals surface area contributed by atoms with E-state index in [9.17, 15) is 9.59 Å². The van der Waals surface area contributed by atoms with E-state index < -0.39 is 0 Å². The number of aryl methyl sites for hydroxylation is 2. The van der Waals surface area contributed by atoms with E-state index in [4.69, 9.17) is 0 Å². The molecule has 1 fully saturated rings. The number of rotatable bonds is 3. The Morgan fingerprint density at radius 2 is 1.59 bits per heavy atom. The molecule has 2 aromatic rings. The predicted octanol–water partition coefficient (Wildman–Crippen LogP) is 3.18. The molecule has 0 aliphatic heterocycles. The summed E-state index contributed by atoms with van der Waals surface area (Å²) >= 11 is 0. The van der Waals surface area contributed by atoms with Crippen molar-refractivity contribution in [2.24, 2.45) is 0 Å². The third-order valence-electron chi connectivity index (χ3n) is 5.25. The number of hydrogen-bond donors (Lipinski definition) is 1. The summed E-state index contributed by atoms with van der Waals surface area (Å²) in [5, 5.41) is 3.33. The predicted molar refractivity (Wildman–Crippen MR) is 89.3 cm³/mol. The van der Waals surface area contributed by atoms with Crippen LogP contribution in [0.5, 0.6) is 0 Å². The second kappa shape index (κ2) is 5.38. The average molecular weight is 295 g/mol. The van der Waals surface area contributed by atoms with Gasteiger partial charge in [-0.3, -0.25) is 9.59 Å². The van der Waals surface area contributed by atoms with Crippen LogP contribution in [0.4, 0.5) is 5.69 Å². The van der Waals surface area contributed by atoms with Gasteiger partial charge in [0.1, 0.15) is 0 Å². The minimum atomic E-state index is -0.334. The summed E-state index contributed by atoms with van der Waals surface area (Å²) in [5.41, 5.74) is 4.20. The van der Waals surface area contributed by atoms with Crippen LogP contribution in [-0.2, 0) is 12.8 Å². The fourth-order valence-electron chi connectivity index (χ4n) is 3.97. The first-order valence-corrected chi connectivity index (χ1v) is 8.46. The molecule has 0 spiro atoms. The van der Waals surface area contributed by atoms with Gasteiger partial charge in [-0.25, -0.2) is 0 Å². The molecule has 0 radical (unpaired) electrons. The third kappa shape index (κ3) is 2.20. The summed E-state index contributed by atoms with van der Waals surface area (Å²) in [5.74, 6) is 0. The number of fused-ring (bicyclic) bond motifs is 1. The fourth-order valence-corrected chi connectivity index (χ4v) is 3.97. The topological polar surface area (TPSA) is 46.2 Å². The smallest absolute Gasteiger partial charge is 0.250 e. The zero-order chi connectivity index (χ0) is 15.1. The standard InChI is InChI=1S/C19H21NO2/c21-18-16(17(19(18)22)20-15-7-3-4-8-15)14-10-9-12-5-1-2-6-13(12)11-14/h9-11,15,20H,1-8H2. The Balaban J connectivity index is 1.69. The summed E-state index contributed by atoms with van der Waals surface area (Å²) in [4.78, 5) is 24.0. The normalized spacial score (nSPS) is 18.5. The lowest BCUT2D eigenvalue weighted by Crippen LogP contribution is -2.38. The van der Waals surface area contributed by atoms with Crippen LogP contribution in [0.25, 0.3) is 11.1 Å². The first-order valence-electron chi connectivity index (χ1n) is 8.46. The van der Waals surface area contributed by atoms with E-state index in [1.165, 1.54) is 36.8 Å². The van der Waals surface area contributed by atoms with Crippen LogP contribution in [0.2, 0.25) is 0 Å². The Kier molecular flexibility index (Phi) is 3.36. The van der Waals surface area contributed by atoms with Crippen molar-refractivity contribution in [3.05, 3.63) is 49.8 Å². The summed E-state index contributed by atoms with van der Waals surface area (Å²) in [7, 11) is 0. The maximum atomic E-state index is 12.1. The summed E-state index contributed by atoms with van der Waals surface area (Å²) in [6.07, 6.45) is 9.31. The Hall–Kier alpha value is -1.90. The molecule has 2 aromatic carbocycles. The van der Waals surface area contributed by atoms with Gasteiger partial charge in [0.05, 0.1) is 11.3 Å². The second-order valence-electron chi connectivity index (χ2n) is 6.72.